The molecule has 0 aliphatic heterocycles. The van der Waals surface area contributed by atoms with Crippen molar-refractivity contribution in [3.8, 4) is 0 Å². The van der Waals surface area contributed by atoms with E-state index in [2.05, 4.69) is 36.5 Å². The summed E-state index contributed by atoms with van der Waals surface area (Å²) in [6.07, 6.45) is 1.90. The maximum absolute atomic E-state index is 13.2. The van der Waals surface area contributed by atoms with E-state index >= 15 is 0 Å². The molecule has 0 fully saturated rings. The molecule has 0 aliphatic rings. The van der Waals surface area contributed by atoms with Crippen LogP contribution in [0.3, 0.4) is 0 Å². The first-order valence-corrected chi connectivity index (χ1v) is 7.15. The van der Waals surface area contributed by atoms with E-state index in [0.29, 0.717) is 0 Å². The van der Waals surface area contributed by atoms with Crippen LogP contribution in [-0.4, -0.2) is 7.05 Å². The Morgan fingerprint density at radius 3 is 2.50 bits per heavy atom. The first kappa shape index (κ1) is 14.7. The van der Waals surface area contributed by atoms with Crippen LogP contribution in [0.4, 0.5) is 4.39 Å². The third-order valence-corrected chi connectivity index (χ3v) is 3.89. The van der Waals surface area contributed by atoms with Crippen molar-refractivity contribution in [3.05, 3.63) is 70.5 Å². The van der Waals surface area contributed by atoms with Crippen LogP contribution < -0.4 is 5.32 Å². The molecule has 1 atom stereocenters. The molecule has 2 aromatic carbocycles. The van der Waals surface area contributed by atoms with Gasteiger partial charge in [-0.25, -0.2) is 4.39 Å². The molecule has 0 saturated carbocycles. The number of aryl methyl sites for hydroxylation is 2. The van der Waals surface area contributed by atoms with Crippen LogP contribution in [0.5, 0.6) is 0 Å². The molecule has 2 heteroatoms. The van der Waals surface area contributed by atoms with Crippen molar-refractivity contribution in [2.75, 3.05) is 7.05 Å². The maximum Gasteiger partial charge on any atom is 0.123 e. The zero-order valence-corrected chi connectivity index (χ0v) is 12.4. The summed E-state index contributed by atoms with van der Waals surface area (Å²) in [5.74, 6) is -0.166. The van der Waals surface area contributed by atoms with Gasteiger partial charge in [0, 0.05) is 6.04 Å². The van der Waals surface area contributed by atoms with Gasteiger partial charge in [0.2, 0.25) is 0 Å². The molecule has 0 radical (unpaired) electrons. The lowest BCUT2D eigenvalue weighted by atomic mass is 9.92. The molecule has 0 aromatic heterocycles. The fourth-order valence-corrected chi connectivity index (χ4v) is 2.67. The van der Waals surface area contributed by atoms with Crippen LogP contribution in [0.25, 0.3) is 0 Å². The number of hydrogen-bond donors (Lipinski definition) is 1. The van der Waals surface area contributed by atoms with Gasteiger partial charge in [-0.1, -0.05) is 37.3 Å². The Kier molecular flexibility index (Phi) is 4.91. The molecule has 1 unspecified atom stereocenters. The summed E-state index contributed by atoms with van der Waals surface area (Å²) in [5.41, 5.74) is 4.91. The second-order valence-electron chi connectivity index (χ2n) is 5.17. The van der Waals surface area contributed by atoms with Crippen molar-refractivity contribution in [2.45, 2.75) is 32.7 Å². The lowest BCUT2D eigenvalue weighted by Crippen LogP contribution is -2.20. The summed E-state index contributed by atoms with van der Waals surface area (Å²) in [5, 5.41) is 3.39. The molecule has 2 rings (SSSR count). The predicted molar refractivity (Wildman–Crippen MR) is 82.5 cm³/mol. The van der Waals surface area contributed by atoms with Gasteiger partial charge in [-0.2, -0.15) is 0 Å². The highest BCUT2D eigenvalue weighted by molar-refractivity contribution is 5.34. The third kappa shape index (κ3) is 3.26. The van der Waals surface area contributed by atoms with Gasteiger partial charge in [0.1, 0.15) is 5.82 Å². The molecule has 20 heavy (non-hydrogen) atoms. The summed E-state index contributed by atoms with van der Waals surface area (Å²) in [6, 6.07) is 13.8. The minimum Gasteiger partial charge on any atom is -0.313 e. The SMILES string of the molecule is CCc1ccccc1C(Cc1ccc(F)cc1C)NC. The Morgan fingerprint density at radius 1 is 1.10 bits per heavy atom. The van der Waals surface area contributed by atoms with Crippen LogP contribution in [0.15, 0.2) is 42.5 Å². The Morgan fingerprint density at radius 2 is 1.85 bits per heavy atom. The summed E-state index contributed by atoms with van der Waals surface area (Å²) < 4.78 is 13.2. The molecule has 0 aliphatic carbocycles. The van der Waals surface area contributed by atoms with Crippen molar-refractivity contribution in [3.63, 3.8) is 0 Å². The Bertz CT molecular complexity index is 577. The van der Waals surface area contributed by atoms with Crippen molar-refractivity contribution in [1.82, 2.24) is 5.32 Å². The van der Waals surface area contributed by atoms with Gasteiger partial charge in [-0.15, -0.1) is 0 Å². The average Bonchev–Trinajstić information content (AvgIpc) is 2.46. The number of halogens is 1. The highest BCUT2D eigenvalue weighted by atomic mass is 19.1. The predicted octanol–water partition coefficient (Wildman–Crippen LogP) is 4.20. The fourth-order valence-electron chi connectivity index (χ4n) is 2.67. The number of likely N-dealkylation sites (N-methyl/N-ethyl adjacent to an activating group) is 1. The molecule has 0 amide bonds. The molecular formula is C18H22FN. The lowest BCUT2D eigenvalue weighted by Gasteiger charge is -2.21. The Balaban J connectivity index is 2.29. The van der Waals surface area contributed by atoms with Gasteiger partial charge in [-0.05, 0) is 61.2 Å². The van der Waals surface area contributed by atoms with Crippen molar-refractivity contribution < 1.29 is 4.39 Å². The third-order valence-electron chi connectivity index (χ3n) is 3.89. The van der Waals surface area contributed by atoms with Crippen molar-refractivity contribution in [1.29, 1.82) is 0 Å². The lowest BCUT2D eigenvalue weighted by molar-refractivity contribution is 0.582. The summed E-state index contributed by atoms with van der Waals surface area (Å²) in [6.45, 7) is 4.14. The standard InChI is InChI=1S/C18H22FN/c1-4-14-7-5-6-8-17(14)18(20-3)12-15-9-10-16(19)11-13(15)2/h5-11,18,20H,4,12H2,1-3H3. The molecule has 1 nitrogen and oxygen atoms in total. The smallest absolute Gasteiger partial charge is 0.123 e. The Labute approximate surface area is 120 Å². The van der Waals surface area contributed by atoms with Crippen LogP contribution in [0, 0.1) is 12.7 Å². The van der Waals surface area contributed by atoms with Gasteiger partial charge < -0.3 is 5.32 Å². The topological polar surface area (TPSA) is 12.0 Å². The minimum absolute atomic E-state index is 0.166. The maximum atomic E-state index is 13.2. The van der Waals surface area contributed by atoms with E-state index in [4.69, 9.17) is 0 Å². The van der Waals surface area contributed by atoms with E-state index in [1.54, 1.807) is 12.1 Å². The molecule has 0 saturated heterocycles. The van der Waals surface area contributed by atoms with Crippen LogP contribution in [0.2, 0.25) is 0 Å². The molecular weight excluding hydrogens is 249 g/mol. The van der Waals surface area contributed by atoms with Crippen molar-refractivity contribution in [2.24, 2.45) is 0 Å². The molecule has 1 N–H and O–H groups in total. The normalized spacial score (nSPS) is 12.4. The van der Waals surface area contributed by atoms with Gasteiger partial charge in [0.05, 0.1) is 0 Å². The summed E-state index contributed by atoms with van der Waals surface area (Å²) in [4.78, 5) is 0. The molecule has 0 spiro atoms. The Hall–Kier alpha value is -1.67. The second kappa shape index (κ2) is 6.67. The number of benzene rings is 2. The molecule has 0 bridgehead atoms. The highest BCUT2D eigenvalue weighted by Gasteiger charge is 2.14. The summed E-state index contributed by atoms with van der Waals surface area (Å²) in [7, 11) is 1.98. The van der Waals surface area contributed by atoms with Crippen molar-refractivity contribution >= 4 is 0 Å². The number of nitrogens with one attached hydrogen (secondary N) is 1. The number of hydrogen-bond acceptors (Lipinski definition) is 1. The summed E-state index contributed by atoms with van der Waals surface area (Å²) >= 11 is 0. The van der Waals surface area contributed by atoms with Crippen LogP contribution in [-0.2, 0) is 12.8 Å². The minimum atomic E-state index is -0.166. The van der Waals surface area contributed by atoms with E-state index < -0.39 is 0 Å². The fraction of sp³-hybridized carbons (Fsp3) is 0.333. The van der Waals surface area contributed by atoms with Gasteiger partial charge in [0.25, 0.3) is 0 Å². The largest absolute Gasteiger partial charge is 0.313 e. The first-order chi connectivity index (χ1) is 9.65. The first-order valence-electron chi connectivity index (χ1n) is 7.15. The van der Waals surface area contributed by atoms with Crippen LogP contribution >= 0.6 is 0 Å². The zero-order chi connectivity index (χ0) is 14.5. The van der Waals surface area contributed by atoms with E-state index in [-0.39, 0.29) is 11.9 Å². The van der Waals surface area contributed by atoms with E-state index in [1.807, 2.05) is 20.0 Å². The van der Waals surface area contributed by atoms with Crippen LogP contribution in [0.1, 0.15) is 35.2 Å². The van der Waals surface area contributed by atoms with E-state index in [0.717, 1.165) is 18.4 Å². The van der Waals surface area contributed by atoms with Gasteiger partial charge in [0.15, 0.2) is 0 Å². The second-order valence-corrected chi connectivity index (χ2v) is 5.17. The average molecular weight is 271 g/mol. The number of rotatable bonds is 5. The van der Waals surface area contributed by atoms with E-state index in [1.165, 1.54) is 16.7 Å². The quantitative estimate of drug-likeness (QED) is 0.859. The van der Waals surface area contributed by atoms with E-state index in [9.17, 15) is 4.39 Å². The van der Waals surface area contributed by atoms with Gasteiger partial charge >= 0.3 is 0 Å². The van der Waals surface area contributed by atoms with Gasteiger partial charge in [-0.3, -0.25) is 0 Å². The zero-order valence-electron chi connectivity index (χ0n) is 12.4. The molecule has 2 aromatic rings. The molecule has 0 heterocycles. The monoisotopic (exact) mass is 271 g/mol. The molecule has 106 valence electrons. The highest BCUT2D eigenvalue weighted by Crippen LogP contribution is 2.24.